The van der Waals surface area contributed by atoms with Crippen molar-refractivity contribution in [1.82, 2.24) is 4.90 Å². The summed E-state index contributed by atoms with van der Waals surface area (Å²) in [5, 5.41) is 17.7. The molecule has 1 saturated heterocycles. The second-order valence-electron chi connectivity index (χ2n) is 5.28. The fourth-order valence-corrected chi connectivity index (χ4v) is 2.49. The highest BCUT2D eigenvalue weighted by Crippen LogP contribution is 2.27. The van der Waals surface area contributed by atoms with Gasteiger partial charge in [-0.3, -0.25) is 14.6 Å². The zero-order chi connectivity index (χ0) is 17.0. The van der Waals surface area contributed by atoms with E-state index in [1.54, 1.807) is 6.92 Å². The summed E-state index contributed by atoms with van der Waals surface area (Å²) < 4.78 is 13.0. The van der Waals surface area contributed by atoms with E-state index in [2.05, 4.69) is 0 Å². The zero-order valence-corrected chi connectivity index (χ0v) is 12.6. The topological polar surface area (TPSA) is 88.2 Å². The quantitative estimate of drug-likeness (QED) is 0.781. The van der Waals surface area contributed by atoms with Gasteiger partial charge in [-0.05, 0) is 37.6 Å². The molecule has 118 valence electrons. The first-order valence-corrected chi connectivity index (χ1v) is 7.16. The molecule has 7 heteroatoms. The van der Waals surface area contributed by atoms with E-state index in [4.69, 9.17) is 10.5 Å². The minimum Gasteiger partial charge on any atom is -0.282 e. The molecule has 0 spiro atoms. The molecule has 0 bridgehead atoms. The molecule has 1 aromatic rings. The first-order chi connectivity index (χ1) is 11.0. The van der Waals surface area contributed by atoms with Crippen LogP contribution in [0.5, 0.6) is 0 Å². The Morgan fingerprint density at radius 2 is 1.91 bits per heavy atom. The van der Waals surface area contributed by atoms with Crippen LogP contribution in [0.1, 0.15) is 19.8 Å². The molecule has 2 atom stereocenters. The van der Waals surface area contributed by atoms with E-state index in [9.17, 15) is 14.0 Å². The molecule has 1 aromatic carbocycles. The van der Waals surface area contributed by atoms with Gasteiger partial charge in [0, 0.05) is 18.7 Å². The van der Waals surface area contributed by atoms with Crippen LogP contribution in [0, 0.1) is 34.4 Å². The summed E-state index contributed by atoms with van der Waals surface area (Å²) in [5.74, 6) is -1.42. The van der Waals surface area contributed by atoms with Gasteiger partial charge in [-0.25, -0.2) is 9.18 Å². The molecule has 0 aliphatic carbocycles. The monoisotopic (exact) mass is 314 g/mol. The molecule has 1 heterocycles. The SMILES string of the molecule is C[C@@H]1C(=O)N(C[C@@H](C#N)CCC#N)C(=O)N1c1ccc(F)cc1. The van der Waals surface area contributed by atoms with Crippen molar-refractivity contribution in [2.45, 2.75) is 25.8 Å². The smallest absolute Gasteiger partial charge is 0.282 e. The molecule has 0 saturated carbocycles. The minimum absolute atomic E-state index is 0.0438. The van der Waals surface area contributed by atoms with Crippen LogP contribution in [0.4, 0.5) is 14.9 Å². The highest BCUT2D eigenvalue weighted by atomic mass is 19.1. The maximum absolute atomic E-state index is 13.0. The van der Waals surface area contributed by atoms with Crippen molar-refractivity contribution in [3.63, 3.8) is 0 Å². The molecule has 6 nitrogen and oxygen atoms in total. The van der Waals surface area contributed by atoms with Gasteiger partial charge in [0.25, 0.3) is 5.91 Å². The number of rotatable bonds is 5. The van der Waals surface area contributed by atoms with E-state index in [-0.39, 0.29) is 13.0 Å². The fourth-order valence-electron chi connectivity index (χ4n) is 2.49. The number of carbonyl (C=O) groups excluding carboxylic acids is 2. The average Bonchev–Trinajstić information content (AvgIpc) is 2.75. The summed E-state index contributed by atoms with van der Waals surface area (Å²) in [5.41, 5.74) is 0.422. The average molecular weight is 314 g/mol. The number of imide groups is 1. The molecule has 3 amide bonds. The van der Waals surface area contributed by atoms with Gasteiger partial charge in [-0.1, -0.05) is 0 Å². The van der Waals surface area contributed by atoms with E-state index in [1.807, 2.05) is 12.1 Å². The molecular weight excluding hydrogens is 299 g/mol. The van der Waals surface area contributed by atoms with Gasteiger partial charge in [-0.2, -0.15) is 10.5 Å². The highest BCUT2D eigenvalue weighted by molar-refractivity contribution is 6.14. The van der Waals surface area contributed by atoms with Gasteiger partial charge in [0.2, 0.25) is 0 Å². The summed E-state index contributed by atoms with van der Waals surface area (Å²) in [7, 11) is 0. The molecule has 1 aliphatic heterocycles. The Hall–Kier alpha value is -2.93. The number of hydrogen-bond donors (Lipinski definition) is 0. The summed E-state index contributed by atoms with van der Waals surface area (Å²) in [6.07, 6.45) is 0.487. The zero-order valence-electron chi connectivity index (χ0n) is 12.6. The van der Waals surface area contributed by atoms with Crippen molar-refractivity contribution in [3.05, 3.63) is 30.1 Å². The van der Waals surface area contributed by atoms with Crippen LogP contribution < -0.4 is 4.90 Å². The second-order valence-corrected chi connectivity index (χ2v) is 5.28. The lowest BCUT2D eigenvalue weighted by atomic mass is 10.1. The highest BCUT2D eigenvalue weighted by Gasteiger charge is 2.43. The van der Waals surface area contributed by atoms with Crippen LogP contribution in [-0.4, -0.2) is 29.4 Å². The van der Waals surface area contributed by atoms with Crippen LogP contribution in [0.3, 0.4) is 0 Å². The first kappa shape index (κ1) is 16.4. The standard InChI is InChI=1S/C16H15FN4O2/c1-11-15(22)20(10-12(9-19)3-2-8-18)16(23)21(11)14-6-4-13(17)5-7-14/h4-7,11-12H,2-3,10H2,1H3/t11-,12-/m1/s1. The lowest BCUT2D eigenvalue weighted by Gasteiger charge is -2.20. The number of halogens is 1. The number of nitrogens with zero attached hydrogens (tertiary/aromatic N) is 4. The summed E-state index contributed by atoms with van der Waals surface area (Å²) in [6, 6.07) is 7.99. The number of carbonyl (C=O) groups is 2. The number of benzene rings is 1. The Kier molecular flexibility index (Phi) is 4.92. The summed E-state index contributed by atoms with van der Waals surface area (Å²) >= 11 is 0. The molecule has 0 aromatic heterocycles. The van der Waals surface area contributed by atoms with E-state index < -0.39 is 29.7 Å². The van der Waals surface area contributed by atoms with Crippen LogP contribution in [0.15, 0.2) is 24.3 Å². The molecular formula is C16H15FN4O2. The molecule has 1 fully saturated rings. The first-order valence-electron chi connectivity index (χ1n) is 7.16. The molecule has 0 radical (unpaired) electrons. The normalized spacial score (nSPS) is 18.7. The van der Waals surface area contributed by atoms with Crippen LogP contribution in [0.25, 0.3) is 0 Å². The van der Waals surface area contributed by atoms with Crippen LogP contribution in [0.2, 0.25) is 0 Å². The number of hydrogen-bond acceptors (Lipinski definition) is 4. The lowest BCUT2D eigenvalue weighted by Crippen LogP contribution is -2.36. The fraction of sp³-hybridized carbons (Fsp3) is 0.375. The maximum atomic E-state index is 13.0. The number of urea groups is 1. The Bertz CT molecular complexity index is 690. The number of amides is 3. The summed E-state index contributed by atoms with van der Waals surface area (Å²) in [6.45, 7) is 1.54. The number of nitriles is 2. The van der Waals surface area contributed by atoms with Crippen LogP contribution >= 0.6 is 0 Å². The van der Waals surface area contributed by atoms with Gasteiger partial charge in [0.05, 0.1) is 18.1 Å². The third-order valence-electron chi connectivity index (χ3n) is 3.74. The Morgan fingerprint density at radius 3 is 2.48 bits per heavy atom. The Morgan fingerprint density at radius 1 is 1.26 bits per heavy atom. The lowest BCUT2D eigenvalue weighted by molar-refractivity contribution is -0.127. The Balaban J connectivity index is 2.19. The van der Waals surface area contributed by atoms with E-state index >= 15 is 0 Å². The van der Waals surface area contributed by atoms with Gasteiger partial charge < -0.3 is 0 Å². The third kappa shape index (κ3) is 3.29. The molecule has 2 rings (SSSR count). The van der Waals surface area contributed by atoms with Crippen molar-refractivity contribution >= 4 is 17.6 Å². The Labute approximate surface area is 133 Å². The molecule has 1 aliphatic rings. The van der Waals surface area contributed by atoms with Crippen molar-refractivity contribution in [3.8, 4) is 12.1 Å². The van der Waals surface area contributed by atoms with Crippen molar-refractivity contribution in [1.29, 1.82) is 10.5 Å². The van der Waals surface area contributed by atoms with Crippen molar-refractivity contribution < 1.29 is 14.0 Å². The molecule has 0 N–H and O–H groups in total. The predicted molar refractivity (Wildman–Crippen MR) is 79.4 cm³/mol. The second kappa shape index (κ2) is 6.89. The predicted octanol–water partition coefficient (Wildman–Crippen LogP) is 2.43. The molecule has 23 heavy (non-hydrogen) atoms. The maximum Gasteiger partial charge on any atom is 0.332 e. The molecule has 0 unspecified atom stereocenters. The van der Waals surface area contributed by atoms with Gasteiger partial charge in [0.15, 0.2) is 0 Å². The third-order valence-corrected chi connectivity index (χ3v) is 3.74. The number of anilines is 1. The largest absolute Gasteiger partial charge is 0.332 e. The van der Waals surface area contributed by atoms with E-state index in [1.165, 1.54) is 29.2 Å². The van der Waals surface area contributed by atoms with Crippen LogP contribution in [-0.2, 0) is 4.79 Å². The van der Waals surface area contributed by atoms with Crippen molar-refractivity contribution in [2.75, 3.05) is 11.4 Å². The van der Waals surface area contributed by atoms with Gasteiger partial charge >= 0.3 is 6.03 Å². The van der Waals surface area contributed by atoms with E-state index in [0.29, 0.717) is 12.1 Å². The van der Waals surface area contributed by atoms with Gasteiger partial charge in [0.1, 0.15) is 11.9 Å². The summed E-state index contributed by atoms with van der Waals surface area (Å²) in [4.78, 5) is 27.1. The van der Waals surface area contributed by atoms with E-state index in [0.717, 1.165) is 4.90 Å². The van der Waals surface area contributed by atoms with Crippen molar-refractivity contribution in [2.24, 2.45) is 5.92 Å². The van der Waals surface area contributed by atoms with Gasteiger partial charge in [-0.15, -0.1) is 0 Å². The minimum atomic E-state index is -0.719.